The Morgan fingerprint density at radius 3 is 2.71 bits per heavy atom. The first-order valence-corrected chi connectivity index (χ1v) is 8.47. The molecule has 2 N–H and O–H groups in total. The van der Waals surface area contributed by atoms with Crippen LogP contribution in [0.2, 0.25) is 0 Å². The number of anilines is 1. The van der Waals surface area contributed by atoms with Crippen LogP contribution >= 0.6 is 0 Å². The van der Waals surface area contributed by atoms with Crippen molar-refractivity contribution in [1.29, 1.82) is 0 Å². The summed E-state index contributed by atoms with van der Waals surface area (Å²) in [5.74, 6) is 0.378. The number of rotatable bonds is 4. The second kappa shape index (κ2) is 7.07. The van der Waals surface area contributed by atoms with Crippen LogP contribution in [0.1, 0.15) is 6.92 Å². The highest BCUT2D eigenvalue weighted by Crippen LogP contribution is 2.37. The largest absolute Gasteiger partial charge is 0.495 e. The summed E-state index contributed by atoms with van der Waals surface area (Å²) in [5, 5.41) is 2.66. The lowest BCUT2D eigenvalue weighted by Gasteiger charge is -2.07. The molecule has 4 rings (SSSR count). The van der Waals surface area contributed by atoms with E-state index in [1.807, 2.05) is 6.07 Å². The van der Waals surface area contributed by atoms with Gasteiger partial charge >= 0.3 is 0 Å². The maximum Gasteiger partial charge on any atom is 0.222 e. The Bertz CT molecular complexity index is 1170. The van der Waals surface area contributed by atoms with Crippen LogP contribution < -0.4 is 10.1 Å². The number of methoxy groups -OCH3 is 1. The third-order valence-corrected chi connectivity index (χ3v) is 4.18. The van der Waals surface area contributed by atoms with Crippen molar-refractivity contribution in [2.75, 3.05) is 12.4 Å². The molecule has 0 aliphatic carbocycles. The lowest BCUT2D eigenvalue weighted by atomic mass is 10.0. The van der Waals surface area contributed by atoms with Crippen LogP contribution in [0.25, 0.3) is 33.5 Å². The van der Waals surface area contributed by atoms with Gasteiger partial charge in [0.2, 0.25) is 5.91 Å². The standard InChI is InChI=1S/C20H16FN5O2/c1-11(27)25-17-7-12(5-6-22-17)19-18(15-4-3-14(28-2)10-23-15)20-16(26-19)8-13(21)9-24-20/h3-10,26H,1-2H3,(H,22,25,27). The molecule has 0 atom stereocenters. The minimum atomic E-state index is -0.441. The average molecular weight is 377 g/mol. The van der Waals surface area contributed by atoms with Crippen molar-refractivity contribution in [3.63, 3.8) is 0 Å². The number of aromatic nitrogens is 4. The summed E-state index contributed by atoms with van der Waals surface area (Å²) in [5.41, 5.74) is 3.95. The predicted octanol–water partition coefficient (Wildman–Crippen LogP) is 3.79. The fraction of sp³-hybridized carbons (Fsp3) is 0.100. The SMILES string of the molecule is COc1ccc(-c2c(-c3ccnc(NC(C)=O)c3)[nH]c3cc(F)cnc23)nc1. The number of hydrogen-bond donors (Lipinski definition) is 2. The maximum absolute atomic E-state index is 13.7. The zero-order chi connectivity index (χ0) is 19.7. The molecule has 28 heavy (non-hydrogen) atoms. The summed E-state index contributed by atoms with van der Waals surface area (Å²) >= 11 is 0. The molecule has 0 unspecified atom stereocenters. The molecule has 4 aromatic rings. The van der Waals surface area contributed by atoms with E-state index in [-0.39, 0.29) is 5.91 Å². The first-order chi connectivity index (χ1) is 13.5. The number of ether oxygens (including phenoxy) is 1. The molecule has 1 amide bonds. The monoisotopic (exact) mass is 377 g/mol. The molecule has 0 saturated heterocycles. The molecule has 0 bridgehead atoms. The van der Waals surface area contributed by atoms with Gasteiger partial charge in [-0.25, -0.2) is 9.37 Å². The van der Waals surface area contributed by atoms with Crippen molar-refractivity contribution in [1.82, 2.24) is 19.9 Å². The van der Waals surface area contributed by atoms with Crippen molar-refractivity contribution < 1.29 is 13.9 Å². The number of pyridine rings is 3. The molecule has 0 aromatic carbocycles. The summed E-state index contributed by atoms with van der Waals surface area (Å²) in [6.45, 7) is 1.41. The van der Waals surface area contributed by atoms with Gasteiger partial charge in [0.05, 0.1) is 47.5 Å². The second-order valence-electron chi connectivity index (χ2n) is 6.12. The zero-order valence-corrected chi connectivity index (χ0v) is 15.2. The van der Waals surface area contributed by atoms with Gasteiger partial charge in [-0.1, -0.05) is 0 Å². The van der Waals surface area contributed by atoms with Gasteiger partial charge in [-0.15, -0.1) is 0 Å². The second-order valence-corrected chi connectivity index (χ2v) is 6.12. The summed E-state index contributed by atoms with van der Waals surface area (Å²) in [6, 6.07) is 8.51. The fourth-order valence-corrected chi connectivity index (χ4v) is 3.00. The van der Waals surface area contributed by atoms with Crippen LogP contribution in [0.5, 0.6) is 5.75 Å². The lowest BCUT2D eigenvalue weighted by Crippen LogP contribution is -2.07. The summed E-state index contributed by atoms with van der Waals surface area (Å²) in [6.07, 6.45) is 4.37. The van der Waals surface area contributed by atoms with Crippen molar-refractivity contribution in [3.05, 3.63) is 54.7 Å². The van der Waals surface area contributed by atoms with E-state index in [0.29, 0.717) is 34.0 Å². The fourth-order valence-electron chi connectivity index (χ4n) is 3.00. The van der Waals surface area contributed by atoms with E-state index in [2.05, 4.69) is 25.3 Å². The molecule has 0 saturated carbocycles. The van der Waals surface area contributed by atoms with Crippen LogP contribution in [0.4, 0.5) is 10.2 Å². The first-order valence-electron chi connectivity index (χ1n) is 8.47. The van der Waals surface area contributed by atoms with Crippen molar-refractivity contribution >= 4 is 22.8 Å². The van der Waals surface area contributed by atoms with Crippen molar-refractivity contribution in [3.8, 4) is 28.3 Å². The first kappa shape index (κ1) is 17.6. The minimum Gasteiger partial charge on any atom is -0.495 e. The normalized spacial score (nSPS) is 10.8. The maximum atomic E-state index is 13.7. The molecule has 0 aliphatic heterocycles. The number of hydrogen-bond acceptors (Lipinski definition) is 5. The molecule has 140 valence electrons. The van der Waals surface area contributed by atoms with E-state index < -0.39 is 5.82 Å². The van der Waals surface area contributed by atoms with E-state index in [1.54, 1.807) is 37.7 Å². The van der Waals surface area contributed by atoms with Crippen molar-refractivity contribution in [2.24, 2.45) is 0 Å². The van der Waals surface area contributed by atoms with E-state index in [1.165, 1.54) is 19.2 Å². The molecular weight excluding hydrogens is 361 g/mol. The summed E-state index contributed by atoms with van der Waals surface area (Å²) in [4.78, 5) is 27.4. The molecule has 7 nitrogen and oxygen atoms in total. The molecule has 0 aliphatic rings. The van der Waals surface area contributed by atoms with Gasteiger partial charge in [0.1, 0.15) is 17.4 Å². The third kappa shape index (κ3) is 3.27. The van der Waals surface area contributed by atoms with Crippen LogP contribution in [0, 0.1) is 5.82 Å². The van der Waals surface area contributed by atoms with Crippen LogP contribution in [-0.4, -0.2) is 33.0 Å². The van der Waals surface area contributed by atoms with Gasteiger partial charge in [-0.2, -0.15) is 0 Å². The molecule has 0 radical (unpaired) electrons. The Morgan fingerprint density at radius 2 is 2.00 bits per heavy atom. The minimum absolute atomic E-state index is 0.220. The Kier molecular flexibility index (Phi) is 4.44. The highest BCUT2D eigenvalue weighted by atomic mass is 19.1. The lowest BCUT2D eigenvalue weighted by molar-refractivity contribution is -0.114. The Hall–Kier alpha value is -3.81. The summed E-state index contributed by atoms with van der Waals surface area (Å²) < 4.78 is 18.9. The predicted molar refractivity (Wildman–Crippen MR) is 103 cm³/mol. The van der Waals surface area contributed by atoms with E-state index in [4.69, 9.17) is 4.74 Å². The van der Waals surface area contributed by atoms with E-state index in [9.17, 15) is 9.18 Å². The van der Waals surface area contributed by atoms with Gasteiger partial charge in [-0.05, 0) is 24.3 Å². The number of halogens is 1. The van der Waals surface area contributed by atoms with Gasteiger partial charge in [0, 0.05) is 24.8 Å². The van der Waals surface area contributed by atoms with Gasteiger partial charge in [-0.3, -0.25) is 14.8 Å². The number of nitrogens with one attached hydrogen (secondary N) is 2. The highest BCUT2D eigenvalue weighted by molar-refractivity contribution is 6.01. The quantitative estimate of drug-likeness (QED) is 0.564. The molecule has 8 heteroatoms. The molecule has 4 aromatic heterocycles. The topological polar surface area (TPSA) is 92.8 Å². The van der Waals surface area contributed by atoms with Crippen LogP contribution in [-0.2, 0) is 4.79 Å². The molecule has 0 fully saturated rings. The number of aromatic amines is 1. The molecule has 4 heterocycles. The Labute approximate surface area is 159 Å². The smallest absolute Gasteiger partial charge is 0.222 e. The van der Waals surface area contributed by atoms with Gasteiger partial charge in [0.25, 0.3) is 0 Å². The Morgan fingerprint density at radius 1 is 1.14 bits per heavy atom. The molecule has 0 spiro atoms. The number of carbonyl (C=O) groups excluding carboxylic acids is 1. The van der Waals surface area contributed by atoms with Gasteiger partial charge in [0.15, 0.2) is 0 Å². The highest BCUT2D eigenvalue weighted by Gasteiger charge is 2.18. The van der Waals surface area contributed by atoms with Crippen LogP contribution in [0.15, 0.2) is 48.9 Å². The molecular formula is C20H16FN5O2. The summed E-state index contributed by atoms with van der Waals surface area (Å²) in [7, 11) is 1.57. The van der Waals surface area contributed by atoms with Crippen LogP contribution in [0.3, 0.4) is 0 Å². The average Bonchev–Trinajstić information content (AvgIpc) is 3.06. The van der Waals surface area contributed by atoms with E-state index >= 15 is 0 Å². The third-order valence-electron chi connectivity index (χ3n) is 4.18. The Balaban J connectivity index is 1.93. The number of H-pyrrole nitrogens is 1. The van der Waals surface area contributed by atoms with Crippen molar-refractivity contribution in [2.45, 2.75) is 6.92 Å². The number of fused-ring (bicyclic) bond motifs is 1. The van der Waals surface area contributed by atoms with Gasteiger partial charge < -0.3 is 15.0 Å². The number of amides is 1. The zero-order valence-electron chi connectivity index (χ0n) is 15.2. The number of carbonyl (C=O) groups is 1. The van der Waals surface area contributed by atoms with E-state index in [0.717, 1.165) is 11.1 Å². The number of nitrogens with zero attached hydrogens (tertiary/aromatic N) is 3.